The van der Waals surface area contributed by atoms with Gasteiger partial charge in [0.25, 0.3) is 0 Å². The van der Waals surface area contributed by atoms with Crippen LogP contribution in [0.5, 0.6) is 11.6 Å². The van der Waals surface area contributed by atoms with Gasteiger partial charge in [0.15, 0.2) is 0 Å². The summed E-state index contributed by atoms with van der Waals surface area (Å²) < 4.78 is 5.60. The first-order valence-corrected chi connectivity index (χ1v) is 5.67. The van der Waals surface area contributed by atoms with Gasteiger partial charge in [-0.1, -0.05) is 29.3 Å². The standard InChI is InChI=1S/C12H10Cl2N2O/c1-7-2-3-8(13)5-11(7)17-12-10(15)4-9(14)6-16-12/h2-6H,15H2,1H3. The number of nitrogens with two attached hydrogens (primary N) is 1. The Bertz CT molecular complexity index is 558. The Hall–Kier alpha value is -1.45. The Morgan fingerprint density at radius 1 is 1.18 bits per heavy atom. The molecule has 0 bridgehead atoms. The number of anilines is 1. The van der Waals surface area contributed by atoms with Gasteiger partial charge in [0.05, 0.1) is 10.7 Å². The van der Waals surface area contributed by atoms with Crippen molar-refractivity contribution in [1.29, 1.82) is 0 Å². The zero-order chi connectivity index (χ0) is 12.4. The highest BCUT2D eigenvalue weighted by Gasteiger charge is 2.07. The van der Waals surface area contributed by atoms with Gasteiger partial charge in [0.2, 0.25) is 5.88 Å². The van der Waals surface area contributed by atoms with Gasteiger partial charge in [-0.25, -0.2) is 4.98 Å². The van der Waals surface area contributed by atoms with Gasteiger partial charge in [0.1, 0.15) is 5.75 Å². The number of aryl methyl sites for hydroxylation is 1. The second kappa shape index (κ2) is 4.82. The molecule has 0 spiro atoms. The highest BCUT2D eigenvalue weighted by atomic mass is 35.5. The number of benzene rings is 1. The first-order chi connectivity index (χ1) is 8.06. The normalized spacial score (nSPS) is 10.3. The van der Waals surface area contributed by atoms with E-state index in [1.54, 1.807) is 18.2 Å². The summed E-state index contributed by atoms with van der Waals surface area (Å²) in [6.07, 6.45) is 1.48. The van der Waals surface area contributed by atoms with Crippen LogP contribution in [0.1, 0.15) is 5.56 Å². The number of hydrogen-bond acceptors (Lipinski definition) is 3. The fourth-order valence-corrected chi connectivity index (χ4v) is 1.64. The lowest BCUT2D eigenvalue weighted by atomic mass is 10.2. The molecule has 0 saturated carbocycles. The van der Waals surface area contributed by atoms with Gasteiger partial charge in [-0.15, -0.1) is 0 Å². The molecule has 0 aliphatic rings. The van der Waals surface area contributed by atoms with E-state index in [0.717, 1.165) is 5.56 Å². The van der Waals surface area contributed by atoms with Crippen LogP contribution < -0.4 is 10.5 Å². The maximum atomic E-state index is 5.90. The summed E-state index contributed by atoms with van der Waals surface area (Å²) in [5, 5.41) is 1.07. The summed E-state index contributed by atoms with van der Waals surface area (Å²) in [7, 11) is 0. The van der Waals surface area contributed by atoms with Crippen molar-refractivity contribution < 1.29 is 4.74 Å². The Labute approximate surface area is 109 Å². The molecule has 0 radical (unpaired) electrons. The molecule has 2 rings (SSSR count). The minimum atomic E-state index is 0.319. The second-order valence-electron chi connectivity index (χ2n) is 3.56. The molecule has 1 aromatic carbocycles. The van der Waals surface area contributed by atoms with E-state index in [-0.39, 0.29) is 0 Å². The molecule has 2 aromatic rings. The topological polar surface area (TPSA) is 48.1 Å². The number of ether oxygens (including phenoxy) is 1. The predicted octanol–water partition coefficient (Wildman–Crippen LogP) is 4.07. The molecule has 0 aliphatic heterocycles. The van der Waals surface area contributed by atoms with Crippen LogP contribution in [-0.4, -0.2) is 4.98 Å². The Morgan fingerprint density at radius 3 is 2.65 bits per heavy atom. The van der Waals surface area contributed by atoms with Crippen LogP contribution in [0.15, 0.2) is 30.5 Å². The Balaban J connectivity index is 2.34. The maximum absolute atomic E-state index is 5.90. The lowest BCUT2D eigenvalue weighted by Gasteiger charge is -2.09. The molecule has 5 heteroatoms. The third kappa shape index (κ3) is 2.81. The molecule has 1 heterocycles. The quantitative estimate of drug-likeness (QED) is 0.893. The van der Waals surface area contributed by atoms with E-state index >= 15 is 0 Å². The molecule has 1 aromatic heterocycles. The number of nitrogen functional groups attached to an aromatic ring is 1. The lowest BCUT2D eigenvalue weighted by Crippen LogP contribution is -1.96. The van der Waals surface area contributed by atoms with Crippen LogP contribution in [0.2, 0.25) is 10.0 Å². The summed E-state index contributed by atoms with van der Waals surface area (Å²) in [6, 6.07) is 6.96. The maximum Gasteiger partial charge on any atom is 0.242 e. The largest absolute Gasteiger partial charge is 0.437 e. The van der Waals surface area contributed by atoms with Crippen LogP contribution in [0.25, 0.3) is 0 Å². The van der Waals surface area contributed by atoms with Crippen LogP contribution in [0.3, 0.4) is 0 Å². The van der Waals surface area contributed by atoms with Crippen molar-refractivity contribution in [1.82, 2.24) is 4.98 Å². The minimum Gasteiger partial charge on any atom is -0.437 e. The summed E-state index contributed by atoms with van der Waals surface area (Å²) in [4.78, 5) is 4.02. The van der Waals surface area contributed by atoms with Crippen LogP contribution in [0.4, 0.5) is 5.69 Å². The van der Waals surface area contributed by atoms with E-state index in [1.165, 1.54) is 6.20 Å². The van der Waals surface area contributed by atoms with Crippen molar-refractivity contribution in [2.45, 2.75) is 6.92 Å². The van der Waals surface area contributed by atoms with Gasteiger partial charge < -0.3 is 10.5 Å². The van der Waals surface area contributed by atoms with Gasteiger partial charge in [-0.3, -0.25) is 0 Å². The molecule has 0 amide bonds. The van der Waals surface area contributed by atoms with Crippen LogP contribution >= 0.6 is 23.2 Å². The lowest BCUT2D eigenvalue weighted by molar-refractivity contribution is 0.462. The van der Waals surface area contributed by atoms with E-state index in [1.807, 2.05) is 13.0 Å². The first kappa shape index (κ1) is 12.0. The average molecular weight is 269 g/mol. The van der Waals surface area contributed by atoms with Crippen molar-refractivity contribution in [3.8, 4) is 11.6 Å². The summed E-state index contributed by atoms with van der Waals surface area (Å²) in [5.41, 5.74) is 7.09. The zero-order valence-corrected chi connectivity index (χ0v) is 10.6. The summed E-state index contributed by atoms with van der Waals surface area (Å²) in [5.74, 6) is 0.943. The number of pyridine rings is 1. The molecule has 0 unspecified atom stereocenters. The van der Waals surface area contributed by atoms with E-state index in [4.69, 9.17) is 33.7 Å². The van der Waals surface area contributed by atoms with E-state index in [9.17, 15) is 0 Å². The molecule has 88 valence electrons. The number of aromatic nitrogens is 1. The van der Waals surface area contributed by atoms with Crippen molar-refractivity contribution in [3.05, 3.63) is 46.1 Å². The van der Waals surface area contributed by atoms with Crippen LogP contribution in [0, 0.1) is 6.92 Å². The highest BCUT2D eigenvalue weighted by molar-refractivity contribution is 6.31. The van der Waals surface area contributed by atoms with Crippen molar-refractivity contribution in [2.24, 2.45) is 0 Å². The fraction of sp³-hybridized carbons (Fsp3) is 0.0833. The zero-order valence-electron chi connectivity index (χ0n) is 9.08. The van der Waals surface area contributed by atoms with Crippen molar-refractivity contribution in [2.75, 3.05) is 5.73 Å². The second-order valence-corrected chi connectivity index (χ2v) is 4.43. The SMILES string of the molecule is Cc1ccc(Cl)cc1Oc1ncc(Cl)cc1N. The van der Waals surface area contributed by atoms with Crippen LogP contribution in [-0.2, 0) is 0 Å². The van der Waals surface area contributed by atoms with Crippen molar-refractivity contribution in [3.63, 3.8) is 0 Å². The smallest absolute Gasteiger partial charge is 0.242 e. The summed E-state index contributed by atoms with van der Waals surface area (Å²) in [6.45, 7) is 1.91. The molecule has 3 nitrogen and oxygen atoms in total. The Kier molecular flexibility index (Phi) is 3.41. The molecule has 0 fully saturated rings. The number of rotatable bonds is 2. The average Bonchev–Trinajstić information content (AvgIpc) is 2.27. The van der Waals surface area contributed by atoms with Gasteiger partial charge in [-0.2, -0.15) is 0 Å². The number of hydrogen-bond donors (Lipinski definition) is 1. The van der Waals surface area contributed by atoms with Gasteiger partial charge in [0, 0.05) is 11.2 Å². The number of nitrogens with zero attached hydrogens (tertiary/aromatic N) is 1. The molecular weight excluding hydrogens is 259 g/mol. The first-order valence-electron chi connectivity index (χ1n) is 4.91. The van der Waals surface area contributed by atoms with Crippen molar-refractivity contribution >= 4 is 28.9 Å². The Morgan fingerprint density at radius 2 is 1.94 bits per heavy atom. The van der Waals surface area contributed by atoms with Gasteiger partial charge >= 0.3 is 0 Å². The van der Waals surface area contributed by atoms with E-state index < -0.39 is 0 Å². The minimum absolute atomic E-state index is 0.319. The molecule has 0 aliphatic carbocycles. The number of halogens is 2. The predicted molar refractivity (Wildman–Crippen MR) is 69.9 cm³/mol. The van der Waals surface area contributed by atoms with E-state index in [2.05, 4.69) is 4.98 Å². The fourth-order valence-electron chi connectivity index (χ4n) is 1.32. The third-order valence-corrected chi connectivity index (χ3v) is 2.64. The van der Waals surface area contributed by atoms with Gasteiger partial charge in [-0.05, 0) is 30.7 Å². The third-order valence-electron chi connectivity index (χ3n) is 2.20. The molecule has 0 atom stereocenters. The highest BCUT2D eigenvalue weighted by Crippen LogP contribution is 2.30. The monoisotopic (exact) mass is 268 g/mol. The molecule has 0 saturated heterocycles. The molecule has 2 N–H and O–H groups in total. The summed E-state index contributed by atoms with van der Waals surface area (Å²) >= 11 is 11.7. The molecular formula is C12H10Cl2N2O. The molecule has 17 heavy (non-hydrogen) atoms. The van der Waals surface area contributed by atoms with E-state index in [0.29, 0.717) is 27.4 Å².